The molecule has 0 aliphatic rings. The minimum atomic E-state index is -0.569. The molecule has 2 N–H and O–H groups in total. The van der Waals surface area contributed by atoms with Crippen molar-refractivity contribution in [3.05, 3.63) is 59.7 Å². The minimum absolute atomic E-state index is 0. The first-order valence-corrected chi connectivity index (χ1v) is 6.44. The van der Waals surface area contributed by atoms with Crippen LogP contribution < -0.4 is 33.9 Å². The molecule has 0 aliphatic heterocycles. The Bertz CT molecular complexity index is 687. The minimum Gasteiger partial charge on any atom is -1.00 e. The summed E-state index contributed by atoms with van der Waals surface area (Å²) in [5.74, 6) is -1.14. The molecule has 0 aromatic carbocycles. The number of halogens is 4. The maximum atomic E-state index is 13.6. The van der Waals surface area contributed by atoms with E-state index in [0.29, 0.717) is 0 Å². The highest BCUT2D eigenvalue weighted by Gasteiger charge is 2.11. The summed E-state index contributed by atoms with van der Waals surface area (Å²) in [6, 6.07) is 2.85. The van der Waals surface area contributed by atoms with Gasteiger partial charge in [0, 0.05) is 23.3 Å². The van der Waals surface area contributed by atoms with Crippen LogP contribution in [0.4, 0.5) is 8.78 Å². The summed E-state index contributed by atoms with van der Waals surface area (Å²) in [5, 5.41) is 22.3. The lowest BCUT2D eigenvalue weighted by Gasteiger charge is -2.00. The van der Waals surface area contributed by atoms with Gasteiger partial charge in [-0.25, -0.2) is 0 Å². The second-order valence-corrected chi connectivity index (χ2v) is 4.48. The maximum absolute atomic E-state index is 13.6. The van der Waals surface area contributed by atoms with Gasteiger partial charge in [0.1, 0.15) is 0 Å². The average molecular weight is 395 g/mol. The van der Waals surface area contributed by atoms with E-state index >= 15 is 0 Å². The van der Waals surface area contributed by atoms with Crippen LogP contribution in [0.5, 0.6) is 0 Å². The molecule has 0 spiro atoms. The summed E-state index contributed by atoms with van der Waals surface area (Å²) >= 11 is 0. The highest BCUT2D eigenvalue weighted by molar-refractivity contribution is 5.79. The molecule has 2 aromatic rings. The van der Waals surface area contributed by atoms with Crippen LogP contribution in [0.2, 0.25) is 0 Å². The van der Waals surface area contributed by atoms with Crippen molar-refractivity contribution in [1.29, 1.82) is 0 Å². The molecule has 0 saturated heterocycles. The molecule has 11 heteroatoms. The zero-order chi connectivity index (χ0) is 16.7. The Morgan fingerprint density at radius 2 is 1.28 bits per heavy atom. The maximum Gasteiger partial charge on any atom is 0.257 e. The predicted octanol–water partition coefficient (Wildman–Crippen LogP) is -5.20. The molecule has 0 fully saturated rings. The van der Waals surface area contributed by atoms with Gasteiger partial charge in [-0.2, -0.15) is 17.9 Å². The van der Waals surface area contributed by atoms with Gasteiger partial charge >= 0.3 is 0 Å². The summed E-state index contributed by atoms with van der Waals surface area (Å²) in [6.45, 7) is 0.0872. The van der Waals surface area contributed by atoms with Crippen LogP contribution in [0.15, 0.2) is 47.2 Å². The van der Waals surface area contributed by atoms with Gasteiger partial charge < -0.3 is 35.2 Å². The van der Waals surface area contributed by atoms with E-state index < -0.39 is 11.6 Å². The second-order valence-electron chi connectivity index (χ2n) is 4.48. The molecule has 7 nitrogen and oxygen atoms in total. The third-order valence-electron chi connectivity index (χ3n) is 2.88. The number of nitrogens with zero attached hydrogens (tertiary/aromatic N) is 4. The fourth-order valence-electron chi connectivity index (χ4n) is 1.78. The largest absolute Gasteiger partial charge is 1.00 e. The average Bonchev–Trinajstić information content (AvgIpc) is 2.53. The normalized spacial score (nSPS) is 10.6. The van der Waals surface area contributed by atoms with Crippen LogP contribution in [0.25, 0.3) is 0 Å². The van der Waals surface area contributed by atoms with E-state index in [-0.39, 0.29) is 49.4 Å². The number of rotatable bonds is 6. The first-order valence-electron chi connectivity index (χ1n) is 6.44. The molecule has 0 aliphatic carbocycles. The molecule has 2 rings (SSSR count). The fourth-order valence-corrected chi connectivity index (χ4v) is 1.78. The molecule has 2 aromatic heterocycles. The number of hydrogen-bond acceptors (Lipinski definition) is 5. The lowest BCUT2D eigenvalue weighted by molar-refractivity contribution is -0.789. The number of hydrogen-bond donors (Lipinski definition) is 2. The molecule has 0 amide bonds. The lowest BCUT2D eigenvalue weighted by atomic mass is 10.3. The van der Waals surface area contributed by atoms with E-state index in [2.05, 4.69) is 10.3 Å². The quantitative estimate of drug-likeness (QED) is 0.222. The third kappa shape index (κ3) is 6.57. The Labute approximate surface area is 154 Å². The molecule has 0 unspecified atom stereocenters. The van der Waals surface area contributed by atoms with Crippen molar-refractivity contribution >= 4 is 12.4 Å². The molecule has 2 heterocycles. The highest BCUT2D eigenvalue weighted by atomic mass is 35.5. The molecule has 0 saturated carbocycles. The van der Waals surface area contributed by atoms with Gasteiger partial charge in [-0.15, -0.1) is 0 Å². The van der Waals surface area contributed by atoms with Crippen LogP contribution in [-0.2, 0) is 18.2 Å². The standard InChI is InChI=1S/C14H12F2N4O3.2ClH/c15-13-7-19(3-1-11(13)5-17-21)9-23-10-20-4-2-12(6-18-22)14(16)8-20;;/h1-8H,9-10H2;2*1H. The van der Waals surface area contributed by atoms with E-state index in [0.717, 1.165) is 12.4 Å². The topological polar surface area (TPSA) is 82.2 Å². The van der Waals surface area contributed by atoms with Crippen LogP contribution in [0, 0.1) is 11.6 Å². The highest BCUT2D eigenvalue weighted by Crippen LogP contribution is 2.01. The van der Waals surface area contributed by atoms with Crippen molar-refractivity contribution in [3.8, 4) is 0 Å². The molecular formula is C14H14Cl2F2N4O3. The summed E-state index contributed by atoms with van der Waals surface area (Å²) in [4.78, 5) is 0. The van der Waals surface area contributed by atoms with E-state index in [9.17, 15) is 8.78 Å². The van der Waals surface area contributed by atoms with Gasteiger partial charge in [0.05, 0.1) is 12.4 Å². The number of pyridine rings is 2. The fraction of sp³-hybridized carbons (Fsp3) is 0.143. The Hall–Kier alpha value is -2.36. The first kappa shape index (κ1) is 22.6. The summed E-state index contributed by atoms with van der Waals surface area (Å²) in [7, 11) is 0. The van der Waals surface area contributed by atoms with Gasteiger partial charge in [0.25, 0.3) is 13.5 Å². The number of oxime groups is 2. The van der Waals surface area contributed by atoms with E-state index in [1.54, 1.807) is 12.4 Å². The van der Waals surface area contributed by atoms with Crippen molar-refractivity contribution in [2.45, 2.75) is 13.5 Å². The molecule has 136 valence electrons. The number of ether oxygens (including phenoxy) is 1. The van der Waals surface area contributed by atoms with Crippen LogP contribution in [0.3, 0.4) is 0 Å². The van der Waals surface area contributed by atoms with Crippen molar-refractivity contribution < 1.29 is 57.9 Å². The van der Waals surface area contributed by atoms with Crippen LogP contribution >= 0.6 is 0 Å². The third-order valence-corrected chi connectivity index (χ3v) is 2.88. The second kappa shape index (κ2) is 11.2. The molecule has 0 atom stereocenters. The zero-order valence-electron chi connectivity index (χ0n) is 12.6. The van der Waals surface area contributed by atoms with Crippen LogP contribution in [-0.4, -0.2) is 22.8 Å². The monoisotopic (exact) mass is 394 g/mol. The number of aromatic nitrogens is 2. The molecule has 0 bridgehead atoms. The van der Waals surface area contributed by atoms with Crippen molar-refractivity contribution in [2.24, 2.45) is 10.3 Å². The Morgan fingerprint density at radius 1 is 0.880 bits per heavy atom. The van der Waals surface area contributed by atoms with Crippen molar-refractivity contribution in [2.75, 3.05) is 0 Å². The molecular weight excluding hydrogens is 381 g/mol. The van der Waals surface area contributed by atoms with Crippen molar-refractivity contribution in [3.63, 3.8) is 0 Å². The summed E-state index contributed by atoms with van der Waals surface area (Å²) in [5.41, 5.74) is 0.280. The summed E-state index contributed by atoms with van der Waals surface area (Å²) < 4.78 is 35.4. The SMILES string of the molecule is O/N=C/c1cc[n+](COC[n+]2ccc(/C=N/O)c(F)c2)cc1F.[Cl-].[Cl-]. The van der Waals surface area contributed by atoms with Crippen molar-refractivity contribution in [1.82, 2.24) is 0 Å². The van der Waals surface area contributed by atoms with Gasteiger partial charge in [-0.3, -0.25) is 4.74 Å². The zero-order valence-corrected chi connectivity index (χ0v) is 14.1. The molecule has 25 heavy (non-hydrogen) atoms. The van der Waals surface area contributed by atoms with Gasteiger partial charge in [-0.1, -0.05) is 10.3 Å². The van der Waals surface area contributed by atoms with Gasteiger partial charge in [0.15, 0.2) is 24.0 Å². The Kier molecular flexibility index (Phi) is 10.2. The molecule has 0 radical (unpaired) electrons. The Balaban J connectivity index is 0.00000288. The van der Waals surface area contributed by atoms with Crippen LogP contribution in [0.1, 0.15) is 11.1 Å². The lowest BCUT2D eigenvalue weighted by Crippen LogP contribution is -3.00. The predicted molar refractivity (Wildman–Crippen MR) is 73.0 cm³/mol. The summed E-state index contributed by atoms with van der Waals surface area (Å²) in [6.07, 6.45) is 7.43. The van der Waals surface area contributed by atoms with E-state index in [4.69, 9.17) is 15.2 Å². The van der Waals surface area contributed by atoms with Gasteiger partial charge in [-0.05, 0) is 0 Å². The van der Waals surface area contributed by atoms with Gasteiger partial charge in [0.2, 0.25) is 12.4 Å². The smallest absolute Gasteiger partial charge is 0.257 e. The Morgan fingerprint density at radius 3 is 1.60 bits per heavy atom. The first-order chi connectivity index (χ1) is 11.1. The van der Waals surface area contributed by atoms with E-state index in [1.807, 2.05) is 0 Å². The van der Waals surface area contributed by atoms with E-state index in [1.165, 1.54) is 33.7 Å².